The summed E-state index contributed by atoms with van der Waals surface area (Å²) in [6, 6.07) is 0.488. The lowest BCUT2D eigenvalue weighted by Crippen LogP contribution is -2.50. The van der Waals surface area contributed by atoms with Crippen molar-refractivity contribution in [3.63, 3.8) is 0 Å². The summed E-state index contributed by atoms with van der Waals surface area (Å²) in [5, 5.41) is 6.31. The Kier molecular flexibility index (Phi) is 5.09. The molecule has 15 heavy (non-hydrogen) atoms. The Hall–Kier alpha value is -0.570. The highest BCUT2D eigenvalue weighted by atomic mass is 16.2. The van der Waals surface area contributed by atoms with E-state index in [2.05, 4.69) is 31.4 Å². The van der Waals surface area contributed by atoms with Crippen LogP contribution in [0.4, 0.5) is 0 Å². The molecule has 1 rings (SSSR count). The van der Waals surface area contributed by atoms with Crippen molar-refractivity contribution in [2.45, 2.75) is 58.5 Å². The van der Waals surface area contributed by atoms with Gasteiger partial charge in [-0.1, -0.05) is 13.8 Å². The number of nitrogens with one attached hydrogen (secondary N) is 2. The average Bonchev–Trinajstić information content (AvgIpc) is 2.18. The van der Waals surface area contributed by atoms with Crippen LogP contribution in [0.3, 0.4) is 0 Å². The van der Waals surface area contributed by atoms with Crippen LogP contribution < -0.4 is 10.6 Å². The SMILES string of the molecule is CC(C)CCC(C)NC1CCCNC1=O. The quantitative estimate of drug-likeness (QED) is 0.728. The fourth-order valence-electron chi connectivity index (χ4n) is 1.94. The van der Waals surface area contributed by atoms with Gasteiger partial charge >= 0.3 is 0 Å². The van der Waals surface area contributed by atoms with Crippen LogP contribution in [0.1, 0.15) is 46.5 Å². The van der Waals surface area contributed by atoms with Gasteiger partial charge in [-0.05, 0) is 38.5 Å². The number of carbonyl (C=O) groups is 1. The lowest BCUT2D eigenvalue weighted by Gasteiger charge is -2.26. The zero-order chi connectivity index (χ0) is 11.3. The second-order valence-electron chi connectivity index (χ2n) is 5.02. The normalized spacial score (nSPS) is 24.0. The number of hydrogen-bond donors (Lipinski definition) is 2. The number of piperidine rings is 1. The highest BCUT2D eigenvalue weighted by molar-refractivity contribution is 5.82. The Bertz CT molecular complexity index is 204. The van der Waals surface area contributed by atoms with Gasteiger partial charge in [-0.15, -0.1) is 0 Å². The van der Waals surface area contributed by atoms with Crippen molar-refractivity contribution in [2.24, 2.45) is 5.92 Å². The maximum atomic E-state index is 11.5. The number of carbonyl (C=O) groups excluding carboxylic acids is 1. The molecule has 1 amide bonds. The summed E-state index contributed by atoms with van der Waals surface area (Å²) in [4.78, 5) is 11.5. The number of amides is 1. The molecule has 0 spiro atoms. The summed E-state index contributed by atoms with van der Waals surface area (Å²) in [7, 11) is 0. The minimum Gasteiger partial charge on any atom is -0.355 e. The summed E-state index contributed by atoms with van der Waals surface area (Å²) in [5.74, 6) is 0.923. The van der Waals surface area contributed by atoms with E-state index in [0.717, 1.165) is 31.7 Å². The van der Waals surface area contributed by atoms with Crippen molar-refractivity contribution in [1.82, 2.24) is 10.6 Å². The van der Waals surface area contributed by atoms with Gasteiger partial charge in [0, 0.05) is 12.6 Å². The van der Waals surface area contributed by atoms with Crippen LogP contribution >= 0.6 is 0 Å². The van der Waals surface area contributed by atoms with Crippen LogP contribution in [0.2, 0.25) is 0 Å². The summed E-state index contributed by atoms with van der Waals surface area (Å²) in [6.45, 7) is 7.49. The van der Waals surface area contributed by atoms with Crippen LogP contribution in [0.5, 0.6) is 0 Å². The molecule has 0 aliphatic carbocycles. The van der Waals surface area contributed by atoms with Crippen molar-refractivity contribution in [3.8, 4) is 0 Å². The van der Waals surface area contributed by atoms with Gasteiger partial charge in [-0.3, -0.25) is 4.79 Å². The van der Waals surface area contributed by atoms with Crippen molar-refractivity contribution in [2.75, 3.05) is 6.54 Å². The first kappa shape index (κ1) is 12.5. The molecule has 1 fully saturated rings. The topological polar surface area (TPSA) is 41.1 Å². The first-order valence-electron chi connectivity index (χ1n) is 6.13. The molecule has 88 valence electrons. The fourth-order valence-corrected chi connectivity index (χ4v) is 1.94. The molecule has 2 N–H and O–H groups in total. The van der Waals surface area contributed by atoms with Gasteiger partial charge in [0.15, 0.2) is 0 Å². The summed E-state index contributed by atoms with van der Waals surface area (Å²) in [6.07, 6.45) is 4.46. The van der Waals surface area contributed by atoms with E-state index in [9.17, 15) is 4.79 Å². The standard InChI is InChI=1S/C12H24N2O/c1-9(2)6-7-10(3)14-11-5-4-8-13-12(11)15/h9-11,14H,4-8H2,1-3H3,(H,13,15). The van der Waals surface area contributed by atoms with Gasteiger partial charge in [0.1, 0.15) is 0 Å². The van der Waals surface area contributed by atoms with E-state index in [0.29, 0.717) is 6.04 Å². The zero-order valence-electron chi connectivity index (χ0n) is 10.2. The predicted molar refractivity (Wildman–Crippen MR) is 62.7 cm³/mol. The van der Waals surface area contributed by atoms with Crippen LogP contribution in [-0.4, -0.2) is 24.5 Å². The van der Waals surface area contributed by atoms with Crippen molar-refractivity contribution < 1.29 is 4.79 Å². The third-order valence-electron chi connectivity index (χ3n) is 2.95. The van der Waals surface area contributed by atoms with Crippen LogP contribution in [0, 0.1) is 5.92 Å². The Morgan fingerprint density at radius 3 is 2.73 bits per heavy atom. The van der Waals surface area contributed by atoms with Crippen molar-refractivity contribution in [1.29, 1.82) is 0 Å². The van der Waals surface area contributed by atoms with Gasteiger partial charge in [0.2, 0.25) is 5.91 Å². The van der Waals surface area contributed by atoms with E-state index in [1.165, 1.54) is 6.42 Å². The van der Waals surface area contributed by atoms with Crippen LogP contribution in [-0.2, 0) is 4.79 Å². The molecule has 1 aliphatic rings. The molecule has 3 nitrogen and oxygen atoms in total. The Morgan fingerprint density at radius 2 is 2.13 bits per heavy atom. The monoisotopic (exact) mass is 212 g/mol. The molecule has 1 heterocycles. The second-order valence-corrected chi connectivity index (χ2v) is 5.02. The Labute approximate surface area is 93.0 Å². The first-order valence-corrected chi connectivity index (χ1v) is 6.13. The van der Waals surface area contributed by atoms with Gasteiger partial charge in [0.25, 0.3) is 0 Å². The minimum absolute atomic E-state index is 0.0425. The van der Waals surface area contributed by atoms with Crippen LogP contribution in [0.15, 0.2) is 0 Å². The molecule has 0 aromatic heterocycles. The van der Waals surface area contributed by atoms with Gasteiger partial charge < -0.3 is 10.6 Å². The Morgan fingerprint density at radius 1 is 1.40 bits per heavy atom. The highest BCUT2D eigenvalue weighted by Gasteiger charge is 2.22. The fraction of sp³-hybridized carbons (Fsp3) is 0.917. The van der Waals surface area contributed by atoms with E-state index < -0.39 is 0 Å². The molecular formula is C12H24N2O. The molecule has 0 saturated carbocycles. The second kappa shape index (κ2) is 6.11. The lowest BCUT2D eigenvalue weighted by molar-refractivity contribution is -0.124. The molecule has 0 aromatic rings. The molecule has 0 bridgehead atoms. The largest absolute Gasteiger partial charge is 0.355 e. The van der Waals surface area contributed by atoms with E-state index in [4.69, 9.17) is 0 Å². The maximum absolute atomic E-state index is 11.5. The molecule has 2 atom stereocenters. The Balaban J connectivity index is 2.23. The molecule has 2 unspecified atom stereocenters. The minimum atomic E-state index is 0.0425. The zero-order valence-corrected chi connectivity index (χ0v) is 10.2. The number of rotatable bonds is 5. The third-order valence-corrected chi connectivity index (χ3v) is 2.95. The molecular weight excluding hydrogens is 188 g/mol. The highest BCUT2D eigenvalue weighted by Crippen LogP contribution is 2.09. The molecule has 1 aliphatic heterocycles. The predicted octanol–water partition coefficient (Wildman–Crippen LogP) is 1.68. The molecule has 3 heteroatoms. The lowest BCUT2D eigenvalue weighted by atomic mass is 10.0. The average molecular weight is 212 g/mol. The third kappa shape index (κ3) is 4.65. The van der Waals surface area contributed by atoms with Crippen LogP contribution in [0.25, 0.3) is 0 Å². The van der Waals surface area contributed by atoms with E-state index in [1.54, 1.807) is 0 Å². The maximum Gasteiger partial charge on any atom is 0.237 e. The van der Waals surface area contributed by atoms with E-state index in [1.807, 2.05) is 0 Å². The smallest absolute Gasteiger partial charge is 0.237 e. The number of hydrogen-bond acceptors (Lipinski definition) is 2. The summed E-state index contributed by atoms with van der Waals surface area (Å²) in [5.41, 5.74) is 0. The van der Waals surface area contributed by atoms with Crippen molar-refractivity contribution in [3.05, 3.63) is 0 Å². The van der Waals surface area contributed by atoms with Gasteiger partial charge in [-0.2, -0.15) is 0 Å². The molecule has 0 aromatic carbocycles. The first-order chi connectivity index (χ1) is 7.09. The van der Waals surface area contributed by atoms with Gasteiger partial charge in [-0.25, -0.2) is 0 Å². The van der Waals surface area contributed by atoms with Gasteiger partial charge in [0.05, 0.1) is 6.04 Å². The summed E-state index contributed by atoms with van der Waals surface area (Å²) >= 11 is 0. The molecule has 1 saturated heterocycles. The van der Waals surface area contributed by atoms with E-state index >= 15 is 0 Å². The van der Waals surface area contributed by atoms with E-state index in [-0.39, 0.29) is 11.9 Å². The molecule has 0 radical (unpaired) electrons. The van der Waals surface area contributed by atoms with Crippen molar-refractivity contribution >= 4 is 5.91 Å². The summed E-state index contributed by atoms with van der Waals surface area (Å²) < 4.78 is 0.